The van der Waals surface area contributed by atoms with Crippen molar-refractivity contribution in [1.29, 1.82) is 0 Å². The Labute approximate surface area is 118 Å². The van der Waals surface area contributed by atoms with Gasteiger partial charge in [0.15, 0.2) is 0 Å². The van der Waals surface area contributed by atoms with Gasteiger partial charge in [0.25, 0.3) is 0 Å². The van der Waals surface area contributed by atoms with Crippen molar-refractivity contribution in [3.63, 3.8) is 0 Å². The Morgan fingerprint density at radius 1 is 1.42 bits per heavy atom. The van der Waals surface area contributed by atoms with Gasteiger partial charge in [-0.25, -0.2) is 4.79 Å². The van der Waals surface area contributed by atoms with Gasteiger partial charge in [0, 0.05) is 15.8 Å². The van der Waals surface area contributed by atoms with Crippen LogP contribution in [0.1, 0.15) is 43.0 Å². The van der Waals surface area contributed by atoms with E-state index in [0.29, 0.717) is 16.5 Å². The molecule has 2 atom stereocenters. The average Bonchev–Trinajstić information content (AvgIpc) is 2.40. The number of carbonyl (C=O) groups is 1. The molecule has 0 saturated heterocycles. The van der Waals surface area contributed by atoms with Crippen LogP contribution < -0.4 is 5.73 Å². The van der Waals surface area contributed by atoms with Crippen molar-refractivity contribution < 1.29 is 9.53 Å². The van der Waals surface area contributed by atoms with Crippen LogP contribution in [0, 0.1) is 5.92 Å². The summed E-state index contributed by atoms with van der Waals surface area (Å²) in [5.74, 6) is 0.442. The lowest BCUT2D eigenvalue weighted by Gasteiger charge is -2.26. The standard InChI is InChI=1S/C15H21NO2S/c1-10-4-3-5-11(8-10)19-12-6-7-14(16)13(9-12)15(17)18-2/h6-7,9-11H,3-5,8,16H2,1-2H3. The topological polar surface area (TPSA) is 52.3 Å². The summed E-state index contributed by atoms with van der Waals surface area (Å²) in [6.07, 6.45) is 5.15. The molecule has 19 heavy (non-hydrogen) atoms. The van der Waals surface area contributed by atoms with Crippen LogP contribution in [-0.2, 0) is 4.74 Å². The molecule has 0 aliphatic heterocycles. The number of anilines is 1. The molecule has 0 amide bonds. The van der Waals surface area contributed by atoms with Crippen LogP contribution in [-0.4, -0.2) is 18.3 Å². The number of esters is 1. The van der Waals surface area contributed by atoms with Crippen molar-refractivity contribution in [2.24, 2.45) is 5.92 Å². The highest BCUT2D eigenvalue weighted by molar-refractivity contribution is 8.00. The molecular weight excluding hydrogens is 258 g/mol. The molecule has 2 unspecified atom stereocenters. The van der Waals surface area contributed by atoms with E-state index in [1.54, 1.807) is 6.07 Å². The zero-order valence-corrected chi connectivity index (χ0v) is 12.3. The zero-order valence-electron chi connectivity index (χ0n) is 11.5. The third kappa shape index (κ3) is 3.66. The van der Waals surface area contributed by atoms with E-state index in [2.05, 4.69) is 6.92 Å². The molecule has 0 heterocycles. The van der Waals surface area contributed by atoms with E-state index >= 15 is 0 Å². The molecule has 104 valence electrons. The van der Waals surface area contributed by atoms with Gasteiger partial charge in [-0.15, -0.1) is 11.8 Å². The Morgan fingerprint density at radius 3 is 2.89 bits per heavy atom. The van der Waals surface area contributed by atoms with Crippen LogP contribution in [0.4, 0.5) is 5.69 Å². The van der Waals surface area contributed by atoms with Gasteiger partial charge in [-0.3, -0.25) is 0 Å². The fourth-order valence-corrected chi connectivity index (χ4v) is 4.00. The van der Waals surface area contributed by atoms with E-state index in [9.17, 15) is 4.79 Å². The number of nitrogen functional groups attached to an aromatic ring is 1. The Bertz CT molecular complexity index is 461. The highest BCUT2D eigenvalue weighted by atomic mass is 32.2. The predicted molar refractivity (Wildman–Crippen MR) is 79.5 cm³/mol. The molecule has 1 fully saturated rings. The Kier molecular flexibility index (Phi) is 4.75. The van der Waals surface area contributed by atoms with E-state index in [-0.39, 0.29) is 5.97 Å². The minimum absolute atomic E-state index is 0.364. The van der Waals surface area contributed by atoms with Gasteiger partial charge < -0.3 is 10.5 Å². The van der Waals surface area contributed by atoms with Crippen molar-refractivity contribution in [2.75, 3.05) is 12.8 Å². The third-order valence-corrected chi connectivity index (χ3v) is 4.91. The average molecular weight is 279 g/mol. The summed E-state index contributed by atoms with van der Waals surface area (Å²) in [6.45, 7) is 2.32. The number of carbonyl (C=O) groups excluding carboxylic acids is 1. The van der Waals surface area contributed by atoms with E-state index in [0.717, 1.165) is 10.8 Å². The van der Waals surface area contributed by atoms with Crippen molar-refractivity contribution in [3.8, 4) is 0 Å². The first-order valence-electron chi connectivity index (χ1n) is 6.74. The largest absolute Gasteiger partial charge is 0.465 e. The molecule has 1 aromatic carbocycles. The molecule has 4 heteroatoms. The van der Waals surface area contributed by atoms with E-state index in [1.807, 2.05) is 23.9 Å². The summed E-state index contributed by atoms with van der Waals surface area (Å²) in [7, 11) is 1.38. The summed E-state index contributed by atoms with van der Waals surface area (Å²) < 4.78 is 4.75. The summed E-state index contributed by atoms with van der Waals surface area (Å²) in [5, 5.41) is 0.651. The van der Waals surface area contributed by atoms with E-state index in [1.165, 1.54) is 32.8 Å². The molecule has 1 aliphatic carbocycles. The first-order chi connectivity index (χ1) is 9.10. The summed E-state index contributed by atoms with van der Waals surface area (Å²) in [6, 6.07) is 5.64. The van der Waals surface area contributed by atoms with Crippen LogP contribution in [0.15, 0.2) is 23.1 Å². The fraction of sp³-hybridized carbons (Fsp3) is 0.533. The van der Waals surface area contributed by atoms with E-state index in [4.69, 9.17) is 10.5 Å². The first kappa shape index (κ1) is 14.3. The summed E-state index contributed by atoms with van der Waals surface area (Å²) in [5.41, 5.74) is 6.76. The molecule has 0 bridgehead atoms. The van der Waals surface area contributed by atoms with Crippen molar-refractivity contribution in [1.82, 2.24) is 0 Å². The SMILES string of the molecule is COC(=O)c1cc(SC2CCCC(C)C2)ccc1N. The first-order valence-corrected chi connectivity index (χ1v) is 7.62. The number of hydrogen-bond acceptors (Lipinski definition) is 4. The van der Waals surface area contributed by atoms with Gasteiger partial charge in [0.05, 0.1) is 12.7 Å². The highest BCUT2D eigenvalue weighted by Gasteiger charge is 2.20. The quantitative estimate of drug-likeness (QED) is 0.676. The smallest absolute Gasteiger partial charge is 0.339 e. The van der Waals surface area contributed by atoms with Gasteiger partial charge in [-0.2, -0.15) is 0 Å². The molecule has 2 N–H and O–H groups in total. The molecule has 1 aliphatic rings. The second-order valence-electron chi connectivity index (χ2n) is 5.25. The number of methoxy groups -OCH3 is 1. The monoisotopic (exact) mass is 279 g/mol. The normalized spacial score (nSPS) is 23.1. The lowest BCUT2D eigenvalue weighted by atomic mass is 9.91. The maximum absolute atomic E-state index is 11.6. The van der Waals surface area contributed by atoms with Gasteiger partial charge in [0.1, 0.15) is 0 Å². The fourth-order valence-electron chi connectivity index (χ4n) is 2.57. The Balaban J connectivity index is 2.10. The molecule has 0 spiro atoms. The lowest BCUT2D eigenvalue weighted by Crippen LogP contribution is -2.15. The third-order valence-electron chi connectivity index (χ3n) is 3.62. The Morgan fingerprint density at radius 2 is 2.21 bits per heavy atom. The molecular formula is C15H21NO2S. The van der Waals surface area contributed by atoms with Crippen LogP contribution in [0.2, 0.25) is 0 Å². The molecule has 1 saturated carbocycles. The molecule has 3 nitrogen and oxygen atoms in total. The van der Waals surface area contributed by atoms with Crippen LogP contribution in [0.3, 0.4) is 0 Å². The molecule has 2 rings (SSSR count). The number of ether oxygens (including phenoxy) is 1. The van der Waals surface area contributed by atoms with Gasteiger partial charge in [-0.1, -0.05) is 19.8 Å². The minimum Gasteiger partial charge on any atom is -0.465 e. The van der Waals surface area contributed by atoms with Crippen LogP contribution in [0.5, 0.6) is 0 Å². The number of nitrogens with two attached hydrogens (primary N) is 1. The van der Waals surface area contributed by atoms with Crippen LogP contribution >= 0.6 is 11.8 Å². The number of hydrogen-bond donors (Lipinski definition) is 1. The summed E-state index contributed by atoms with van der Waals surface area (Å²) in [4.78, 5) is 12.7. The Hall–Kier alpha value is -1.16. The molecule has 0 radical (unpaired) electrons. The number of benzene rings is 1. The maximum Gasteiger partial charge on any atom is 0.339 e. The molecule has 0 aromatic heterocycles. The van der Waals surface area contributed by atoms with Crippen molar-refractivity contribution in [3.05, 3.63) is 23.8 Å². The van der Waals surface area contributed by atoms with Crippen molar-refractivity contribution in [2.45, 2.75) is 42.8 Å². The second-order valence-corrected chi connectivity index (χ2v) is 6.63. The van der Waals surface area contributed by atoms with E-state index < -0.39 is 0 Å². The molecule has 1 aromatic rings. The van der Waals surface area contributed by atoms with Crippen molar-refractivity contribution >= 4 is 23.4 Å². The minimum atomic E-state index is -0.364. The number of thioether (sulfide) groups is 1. The zero-order chi connectivity index (χ0) is 13.8. The summed E-state index contributed by atoms with van der Waals surface area (Å²) >= 11 is 1.86. The van der Waals surface area contributed by atoms with Gasteiger partial charge >= 0.3 is 5.97 Å². The highest BCUT2D eigenvalue weighted by Crippen LogP contribution is 2.36. The second kappa shape index (κ2) is 6.33. The predicted octanol–water partition coefficient (Wildman–Crippen LogP) is 3.73. The maximum atomic E-state index is 11.6. The lowest BCUT2D eigenvalue weighted by molar-refractivity contribution is 0.0601. The van der Waals surface area contributed by atoms with Crippen LogP contribution in [0.25, 0.3) is 0 Å². The van der Waals surface area contributed by atoms with Gasteiger partial charge in [-0.05, 0) is 37.0 Å². The number of rotatable bonds is 3. The van der Waals surface area contributed by atoms with Gasteiger partial charge in [0.2, 0.25) is 0 Å².